The third-order valence-corrected chi connectivity index (χ3v) is 4.28. The van der Waals surface area contributed by atoms with Crippen molar-refractivity contribution in [2.45, 2.75) is 13.0 Å². The van der Waals surface area contributed by atoms with Gasteiger partial charge in [-0.1, -0.05) is 12.1 Å². The highest BCUT2D eigenvalue weighted by atomic mass is 32.2. The standard InChI is InChI=1S/C14H22N2S/c1-16(2)10-12-4-3-5-14(8-12)15-9-13-6-7-17-11-13/h3-5,8,13,15H,6-7,9-11H2,1-2H3. The molecule has 3 heteroatoms. The first kappa shape index (κ1) is 12.8. The second-order valence-corrected chi connectivity index (χ2v) is 6.20. The molecule has 17 heavy (non-hydrogen) atoms. The maximum Gasteiger partial charge on any atom is 0.0343 e. The summed E-state index contributed by atoms with van der Waals surface area (Å²) in [6, 6.07) is 8.77. The monoisotopic (exact) mass is 250 g/mol. The Morgan fingerprint density at radius 2 is 2.29 bits per heavy atom. The van der Waals surface area contributed by atoms with Gasteiger partial charge in [0, 0.05) is 18.8 Å². The highest BCUT2D eigenvalue weighted by Gasteiger charge is 2.14. The van der Waals surface area contributed by atoms with E-state index < -0.39 is 0 Å². The van der Waals surface area contributed by atoms with Crippen LogP contribution in [0.25, 0.3) is 0 Å². The van der Waals surface area contributed by atoms with Gasteiger partial charge in [-0.15, -0.1) is 0 Å². The van der Waals surface area contributed by atoms with Crippen molar-refractivity contribution >= 4 is 17.4 Å². The van der Waals surface area contributed by atoms with Crippen LogP contribution in [0.2, 0.25) is 0 Å². The van der Waals surface area contributed by atoms with Crippen LogP contribution in [0, 0.1) is 5.92 Å². The average Bonchev–Trinajstić information content (AvgIpc) is 2.79. The molecule has 1 fully saturated rings. The molecule has 1 aliphatic heterocycles. The Kier molecular flexibility index (Phi) is 4.75. The van der Waals surface area contributed by atoms with E-state index in [0.717, 1.165) is 19.0 Å². The van der Waals surface area contributed by atoms with Gasteiger partial charge < -0.3 is 10.2 Å². The molecule has 2 nitrogen and oxygen atoms in total. The molecule has 1 heterocycles. The summed E-state index contributed by atoms with van der Waals surface area (Å²) in [4.78, 5) is 2.20. The van der Waals surface area contributed by atoms with Crippen molar-refractivity contribution in [1.29, 1.82) is 0 Å². The Labute approximate surface area is 109 Å². The van der Waals surface area contributed by atoms with Gasteiger partial charge in [-0.3, -0.25) is 0 Å². The van der Waals surface area contributed by atoms with E-state index in [9.17, 15) is 0 Å². The van der Waals surface area contributed by atoms with Crippen LogP contribution in [0.4, 0.5) is 5.69 Å². The summed E-state index contributed by atoms with van der Waals surface area (Å²) in [5, 5.41) is 3.57. The number of nitrogens with one attached hydrogen (secondary N) is 1. The minimum atomic E-state index is 0.859. The Balaban J connectivity index is 1.86. The van der Waals surface area contributed by atoms with E-state index in [1.807, 2.05) is 0 Å². The molecule has 1 aromatic carbocycles. The first-order valence-electron chi connectivity index (χ1n) is 6.29. The Bertz CT molecular complexity index is 346. The Morgan fingerprint density at radius 1 is 1.41 bits per heavy atom. The summed E-state index contributed by atoms with van der Waals surface area (Å²) in [7, 11) is 4.21. The van der Waals surface area contributed by atoms with Crippen molar-refractivity contribution in [2.24, 2.45) is 5.92 Å². The van der Waals surface area contributed by atoms with Gasteiger partial charge in [0.2, 0.25) is 0 Å². The molecule has 1 aliphatic rings. The Hall–Kier alpha value is -0.670. The van der Waals surface area contributed by atoms with E-state index in [-0.39, 0.29) is 0 Å². The number of nitrogens with zero attached hydrogens (tertiary/aromatic N) is 1. The molecule has 1 unspecified atom stereocenters. The number of hydrogen-bond donors (Lipinski definition) is 1. The van der Waals surface area contributed by atoms with Gasteiger partial charge in [-0.2, -0.15) is 11.8 Å². The molecule has 0 radical (unpaired) electrons. The average molecular weight is 250 g/mol. The maximum atomic E-state index is 3.57. The minimum absolute atomic E-state index is 0.859. The fraction of sp³-hybridized carbons (Fsp3) is 0.571. The van der Waals surface area contributed by atoms with Gasteiger partial charge in [0.15, 0.2) is 0 Å². The van der Waals surface area contributed by atoms with Crippen LogP contribution in [0.5, 0.6) is 0 Å². The smallest absolute Gasteiger partial charge is 0.0343 e. The molecule has 94 valence electrons. The zero-order valence-corrected chi connectivity index (χ0v) is 11.6. The summed E-state index contributed by atoms with van der Waals surface area (Å²) >= 11 is 2.08. The zero-order valence-electron chi connectivity index (χ0n) is 10.8. The quantitative estimate of drug-likeness (QED) is 0.865. The summed E-state index contributed by atoms with van der Waals surface area (Å²) in [5.74, 6) is 3.52. The van der Waals surface area contributed by atoms with Gasteiger partial charge in [0.05, 0.1) is 0 Å². The number of benzene rings is 1. The van der Waals surface area contributed by atoms with Gasteiger partial charge in [-0.25, -0.2) is 0 Å². The van der Waals surface area contributed by atoms with Crippen LogP contribution in [0.1, 0.15) is 12.0 Å². The van der Waals surface area contributed by atoms with Gasteiger partial charge in [0.25, 0.3) is 0 Å². The fourth-order valence-corrected chi connectivity index (χ4v) is 3.44. The molecular weight excluding hydrogens is 228 g/mol. The first-order chi connectivity index (χ1) is 8.24. The second-order valence-electron chi connectivity index (χ2n) is 5.05. The number of anilines is 1. The molecule has 2 rings (SSSR count). The largest absolute Gasteiger partial charge is 0.385 e. The van der Waals surface area contributed by atoms with Crippen LogP contribution in [0.15, 0.2) is 24.3 Å². The lowest BCUT2D eigenvalue weighted by atomic mass is 10.1. The van der Waals surface area contributed by atoms with Crippen molar-refractivity contribution in [3.05, 3.63) is 29.8 Å². The van der Waals surface area contributed by atoms with Crippen LogP contribution >= 0.6 is 11.8 Å². The van der Waals surface area contributed by atoms with Crippen molar-refractivity contribution in [3.63, 3.8) is 0 Å². The molecule has 1 aromatic rings. The maximum absolute atomic E-state index is 3.57. The van der Waals surface area contributed by atoms with E-state index in [2.05, 4.69) is 60.3 Å². The van der Waals surface area contributed by atoms with Crippen molar-refractivity contribution in [1.82, 2.24) is 4.90 Å². The molecule has 1 saturated heterocycles. The van der Waals surface area contributed by atoms with Crippen molar-refractivity contribution in [2.75, 3.05) is 37.5 Å². The molecule has 0 spiro atoms. The summed E-state index contributed by atoms with van der Waals surface area (Å²) in [6.45, 7) is 2.13. The van der Waals surface area contributed by atoms with Gasteiger partial charge in [-0.05, 0) is 55.6 Å². The van der Waals surface area contributed by atoms with Gasteiger partial charge in [0.1, 0.15) is 0 Å². The molecule has 0 aliphatic carbocycles. The summed E-state index contributed by atoms with van der Waals surface area (Å²) in [5.41, 5.74) is 2.64. The van der Waals surface area contributed by atoms with E-state index in [4.69, 9.17) is 0 Å². The van der Waals surface area contributed by atoms with E-state index >= 15 is 0 Å². The zero-order chi connectivity index (χ0) is 12.1. The predicted molar refractivity (Wildman–Crippen MR) is 77.8 cm³/mol. The van der Waals surface area contributed by atoms with Crippen molar-refractivity contribution in [3.8, 4) is 0 Å². The SMILES string of the molecule is CN(C)Cc1cccc(NCC2CCSC2)c1. The minimum Gasteiger partial charge on any atom is -0.385 e. The Morgan fingerprint density at radius 3 is 3.00 bits per heavy atom. The molecule has 1 atom stereocenters. The third kappa shape index (κ3) is 4.25. The number of thioether (sulfide) groups is 1. The number of rotatable bonds is 5. The van der Waals surface area contributed by atoms with Crippen LogP contribution in [-0.2, 0) is 6.54 Å². The lowest BCUT2D eigenvalue weighted by Gasteiger charge is -2.14. The summed E-state index contributed by atoms with van der Waals surface area (Å²) in [6.07, 6.45) is 1.37. The fourth-order valence-electron chi connectivity index (χ4n) is 2.15. The van der Waals surface area contributed by atoms with Crippen LogP contribution in [0.3, 0.4) is 0 Å². The molecule has 0 aromatic heterocycles. The van der Waals surface area contributed by atoms with E-state index in [1.165, 1.54) is 29.2 Å². The predicted octanol–water partition coefficient (Wildman–Crippen LogP) is 2.91. The van der Waals surface area contributed by atoms with E-state index in [0.29, 0.717) is 0 Å². The molecular formula is C14H22N2S. The molecule has 1 N–H and O–H groups in total. The van der Waals surface area contributed by atoms with Gasteiger partial charge >= 0.3 is 0 Å². The highest BCUT2D eigenvalue weighted by molar-refractivity contribution is 7.99. The third-order valence-electron chi connectivity index (χ3n) is 3.04. The number of hydrogen-bond acceptors (Lipinski definition) is 3. The molecule has 0 saturated carbocycles. The van der Waals surface area contributed by atoms with Crippen LogP contribution < -0.4 is 5.32 Å². The first-order valence-corrected chi connectivity index (χ1v) is 7.45. The van der Waals surface area contributed by atoms with Crippen molar-refractivity contribution < 1.29 is 0 Å². The topological polar surface area (TPSA) is 15.3 Å². The summed E-state index contributed by atoms with van der Waals surface area (Å²) < 4.78 is 0. The normalized spacial score (nSPS) is 19.8. The molecule has 0 amide bonds. The second kappa shape index (κ2) is 6.31. The van der Waals surface area contributed by atoms with E-state index in [1.54, 1.807) is 0 Å². The highest BCUT2D eigenvalue weighted by Crippen LogP contribution is 2.23. The lowest BCUT2D eigenvalue weighted by Crippen LogP contribution is -2.14. The lowest BCUT2D eigenvalue weighted by molar-refractivity contribution is 0.402. The molecule has 0 bridgehead atoms. The van der Waals surface area contributed by atoms with Crippen LogP contribution in [-0.4, -0.2) is 37.0 Å².